The van der Waals surface area contributed by atoms with E-state index in [1.165, 1.54) is 0 Å². The number of amides is 1. The molecule has 2 aromatic heterocycles. The Morgan fingerprint density at radius 1 is 1.38 bits per heavy atom. The molecule has 2 rings (SSSR count). The van der Waals surface area contributed by atoms with Crippen LogP contribution in [-0.4, -0.2) is 39.4 Å². The number of carbonyl (C=O) groups excluding carboxylic acids is 1. The molecule has 128 valence electrons. The van der Waals surface area contributed by atoms with Crippen LogP contribution in [0.25, 0.3) is 11.0 Å². The second kappa shape index (κ2) is 7.62. The third-order valence-electron chi connectivity index (χ3n) is 3.67. The first-order valence-corrected chi connectivity index (χ1v) is 8.37. The molecule has 24 heavy (non-hydrogen) atoms. The maximum atomic E-state index is 13.2. The smallest absolute Gasteiger partial charge is 0.259 e. The number of halogens is 1. The zero-order chi connectivity index (χ0) is 17.9. The van der Waals surface area contributed by atoms with Crippen LogP contribution >= 0.6 is 11.6 Å². The molecule has 2 aromatic rings. The molecule has 6 heteroatoms. The predicted molar refractivity (Wildman–Crippen MR) is 99.7 cm³/mol. The Balaban J connectivity index is 2.67. The first-order chi connectivity index (χ1) is 11.4. The molecule has 0 spiro atoms. The summed E-state index contributed by atoms with van der Waals surface area (Å²) in [6.07, 6.45) is 3.36. The lowest BCUT2D eigenvalue weighted by Crippen LogP contribution is -2.42. The van der Waals surface area contributed by atoms with Gasteiger partial charge in [-0.05, 0) is 39.8 Å². The molecule has 0 unspecified atom stereocenters. The van der Waals surface area contributed by atoms with E-state index < -0.39 is 0 Å². The van der Waals surface area contributed by atoms with Gasteiger partial charge < -0.3 is 10.2 Å². The van der Waals surface area contributed by atoms with E-state index in [1.54, 1.807) is 23.2 Å². The molecule has 0 aliphatic rings. The first-order valence-electron chi connectivity index (χ1n) is 8.00. The van der Waals surface area contributed by atoms with Crippen LogP contribution in [0.15, 0.2) is 31.0 Å². The van der Waals surface area contributed by atoms with Gasteiger partial charge in [0.05, 0.1) is 5.02 Å². The number of nitrogens with zero attached hydrogens (tertiary/aromatic N) is 3. The van der Waals surface area contributed by atoms with Crippen molar-refractivity contribution in [2.24, 2.45) is 0 Å². The van der Waals surface area contributed by atoms with Gasteiger partial charge in [-0.25, -0.2) is 9.97 Å². The number of fused-ring (bicyclic) bond motifs is 1. The summed E-state index contributed by atoms with van der Waals surface area (Å²) in [4.78, 5) is 23.7. The third-order valence-corrected chi connectivity index (χ3v) is 4.06. The lowest BCUT2D eigenvalue weighted by Gasteiger charge is -2.31. The number of anilines is 1. The van der Waals surface area contributed by atoms with Crippen LogP contribution in [0.3, 0.4) is 0 Å². The van der Waals surface area contributed by atoms with Crippen LogP contribution in [0.4, 0.5) is 5.82 Å². The Bertz CT molecular complexity index is 750. The van der Waals surface area contributed by atoms with E-state index in [4.69, 9.17) is 11.6 Å². The molecule has 2 heterocycles. The minimum atomic E-state index is -0.144. The van der Waals surface area contributed by atoms with Crippen molar-refractivity contribution < 1.29 is 4.79 Å². The van der Waals surface area contributed by atoms with Gasteiger partial charge in [0.15, 0.2) is 5.65 Å². The van der Waals surface area contributed by atoms with Crippen molar-refractivity contribution in [3.8, 4) is 0 Å². The van der Waals surface area contributed by atoms with Gasteiger partial charge in [0, 0.05) is 30.2 Å². The van der Waals surface area contributed by atoms with Crippen molar-refractivity contribution in [2.45, 2.75) is 39.8 Å². The number of hydrogen-bond acceptors (Lipinski definition) is 4. The maximum Gasteiger partial charge on any atom is 0.259 e. The van der Waals surface area contributed by atoms with Crippen molar-refractivity contribution in [1.82, 2.24) is 14.9 Å². The minimum absolute atomic E-state index is 0.0467. The molecule has 0 aliphatic heterocycles. The molecule has 1 amide bonds. The first kappa shape index (κ1) is 18.2. The van der Waals surface area contributed by atoms with Gasteiger partial charge in [0.1, 0.15) is 11.4 Å². The highest BCUT2D eigenvalue weighted by Crippen LogP contribution is 2.32. The molecule has 0 bridgehead atoms. The highest BCUT2D eigenvalue weighted by molar-refractivity contribution is 6.39. The Morgan fingerprint density at radius 3 is 2.62 bits per heavy atom. The van der Waals surface area contributed by atoms with Crippen molar-refractivity contribution in [1.29, 1.82) is 0 Å². The molecule has 0 atom stereocenters. The molecule has 0 saturated heterocycles. The van der Waals surface area contributed by atoms with Crippen molar-refractivity contribution >= 4 is 34.4 Å². The Kier molecular flexibility index (Phi) is 5.78. The van der Waals surface area contributed by atoms with Crippen molar-refractivity contribution in [3.63, 3.8) is 0 Å². The number of nitrogens with one attached hydrogen (secondary N) is 1. The summed E-state index contributed by atoms with van der Waals surface area (Å²) in [7, 11) is 0. The largest absolute Gasteiger partial charge is 0.366 e. The van der Waals surface area contributed by atoms with Gasteiger partial charge in [-0.3, -0.25) is 4.79 Å². The lowest BCUT2D eigenvalue weighted by atomic mass is 10.1. The summed E-state index contributed by atoms with van der Waals surface area (Å²) in [6, 6.07) is 3.70. The molecular formula is C18H23ClN4O. The predicted octanol–water partition coefficient (Wildman–Crippen LogP) is 4.14. The summed E-state index contributed by atoms with van der Waals surface area (Å²) < 4.78 is 0. The molecule has 1 N–H and O–H groups in total. The normalized spacial score (nSPS) is 11.1. The Hall–Kier alpha value is -2.14. The molecule has 0 aromatic carbocycles. The number of rotatable bonds is 6. The molecule has 0 saturated carbocycles. The monoisotopic (exact) mass is 346 g/mol. The fraction of sp³-hybridized carbons (Fsp3) is 0.389. The summed E-state index contributed by atoms with van der Waals surface area (Å²) >= 11 is 6.58. The number of hydrogen-bond donors (Lipinski definition) is 1. The lowest BCUT2D eigenvalue weighted by molar-refractivity contribution is 0.0645. The molecule has 0 fully saturated rings. The topological polar surface area (TPSA) is 58.1 Å². The summed E-state index contributed by atoms with van der Waals surface area (Å²) in [5, 5.41) is 4.15. The quantitative estimate of drug-likeness (QED) is 0.798. The highest BCUT2D eigenvalue weighted by Gasteiger charge is 2.28. The third kappa shape index (κ3) is 3.51. The zero-order valence-electron chi connectivity index (χ0n) is 14.5. The Morgan fingerprint density at radius 2 is 2.04 bits per heavy atom. The van der Waals surface area contributed by atoms with E-state index in [-0.39, 0.29) is 18.0 Å². The molecule has 0 radical (unpaired) electrons. The number of aromatic nitrogens is 2. The van der Waals surface area contributed by atoms with E-state index in [0.717, 1.165) is 0 Å². The van der Waals surface area contributed by atoms with Crippen molar-refractivity contribution in [2.75, 3.05) is 11.9 Å². The van der Waals surface area contributed by atoms with Gasteiger partial charge in [-0.15, -0.1) is 6.58 Å². The van der Waals surface area contributed by atoms with Crippen LogP contribution in [0.1, 0.15) is 38.1 Å². The van der Waals surface area contributed by atoms with Gasteiger partial charge in [-0.1, -0.05) is 17.7 Å². The molecular weight excluding hydrogens is 324 g/mol. The van der Waals surface area contributed by atoms with E-state index >= 15 is 0 Å². The van der Waals surface area contributed by atoms with Crippen LogP contribution in [0, 0.1) is 0 Å². The van der Waals surface area contributed by atoms with Gasteiger partial charge in [0.25, 0.3) is 5.91 Å². The van der Waals surface area contributed by atoms with Crippen LogP contribution < -0.4 is 5.32 Å². The maximum absolute atomic E-state index is 13.2. The second-order valence-corrected chi connectivity index (χ2v) is 6.47. The summed E-state index contributed by atoms with van der Waals surface area (Å²) in [5.74, 6) is 0.289. The summed E-state index contributed by atoms with van der Waals surface area (Å²) in [6.45, 7) is 12.1. The minimum Gasteiger partial charge on any atom is -0.366 e. The standard InChI is InChI=1S/C18H23ClN4O/c1-6-9-20-17-14(18(24)23(11(2)3)12(4)5)15(19)13-8-7-10-21-16(13)22-17/h6-8,10-12H,1,9H2,2-5H3,(H,20,21,22). The van der Waals surface area contributed by atoms with E-state index in [0.29, 0.717) is 34.0 Å². The van der Waals surface area contributed by atoms with Crippen LogP contribution in [0.5, 0.6) is 0 Å². The Labute approximate surface area is 147 Å². The average Bonchev–Trinajstić information content (AvgIpc) is 2.52. The van der Waals surface area contributed by atoms with Crippen LogP contribution in [-0.2, 0) is 0 Å². The second-order valence-electron chi connectivity index (χ2n) is 6.09. The van der Waals surface area contributed by atoms with Crippen LogP contribution in [0.2, 0.25) is 5.02 Å². The average molecular weight is 347 g/mol. The fourth-order valence-electron chi connectivity index (χ4n) is 2.74. The summed E-state index contributed by atoms with van der Waals surface area (Å²) in [5.41, 5.74) is 0.882. The highest BCUT2D eigenvalue weighted by atomic mass is 35.5. The number of carbonyl (C=O) groups is 1. The van der Waals surface area contributed by atoms with E-state index in [2.05, 4.69) is 21.9 Å². The van der Waals surface area contributed by atoms with Crippen molar-refractivity contribution in [3.05, 3.63) is 41.6 Å². The zero-order valence-corrected chi connectivity index (χ0v) is 15.3. The van der Waals surface area contributed by atoms with Gasteiger partial charge in [0.2, 0.25) is 0 Å². The molecule has 5 nitrogen and oxygen atoms in total. The van der Waals surface area contributed by atoms with Gasteiger partial charge in [-0.2, -0.15) is 0 Å². The number of pyridine rings is 2. The van der Waals surface area contributed by atoms with Gasteiger partial charge >= 0.3 is 0 Å². The SMILES string of the molecule is C=CCNc1nc2ncccc2c(Cl)c1C(=O)N(C(C)C)C(C)C. The fourth-order valence-corrected chi connectivity index (χ4v) is 3.06. The van der Waals surface area contributed by atoms with E-state index in [9.17, 15) is 4.79 Å². The molecule has 0 aliphatic carbocycles. The van der Waals surface area contributed by atoms with E-state index in [1.807, 2.05) is 33.8 Å².